The Bertz CT molecular complexity index is 469. The van der Waals surface area contributed by atoms with E-state index in [0.717, 1.165) is 18.4 Å². The van der Waals surface area contributed by atoms with E-state index in [1.54, 1.807) is 0 Å². The maximum absolute atomic E-state index is 12.4. The zero-order valence-corrected chi connectivity index (χ0v) is 14.1. The van der Waals surface area contributed by atoms with E-state index in [2.05, 4.69) is 17.0 Å². The van der Waals surface area contributed by atoms with Gasteiger partial charge in [0.25, 0.3) is 0 Å². The number of benzene rings is 1. The molecule has 0 aliphatic rings. The Kier molecular flexibility index (Phi) is 7.05. The van der Waals surface area contributed by atoms with Crippen LogP contribution in [0, 0.1) is 0 Å². The first-order chi connectivity index (χ1) is 9.86. The van der Waals surface area contributed by atoms with Gasteiger partial charge < -0.3 is 5.32 Å². The highest BCUT2D eigenvalue weighted by molar-refractivity contribution is 7.84. The van der Waals surface area contributed by atoms with E-state index in [4.69, 9.17) is 0 Å². The van der Waals surface area contributed by atoms with Gasteiger partial charge in [0.05, 0.1) is 15.7 Å². The fourth-order valence-corrected chi connectivity index (χ4v) is 2.50. The van der Waals surface area contributed by atoms with E-state index in [1.165, 1.54) is 0 Å². The Morgan fingerprint density at radius 3 is 2.38 bits per heavy atom. The third-order valence-corrected chi connectivity index (χ3v) is 4.57. The Labute approximate surface area is 130 Å². The Morgan fingerprint density at radius 1 is 1.24 bits per heavy atom. The summed E-state index contributed by atoms with van der Waals surface area (Å²) in [5.74, 6) is -0.132. The van der Waals surface area contributed by atoms with Crippen molar-refractivity contribution < 1.29 is 9.00 Å². The van der Waals surface area contributed by atoms with Gasteiger partial charge in [-0.25, -0.2) is 8.93 Å². The number of amides is 1. The van der Waals surface area contributed by atoms with Gasteiger partial charge in [0.2, 0.25) is 5.91 Å². The lowest BCUT2D eigenvalue weighted by molar-refractivity contribution is -0.122. The van der Waals surface area contributed by atoms with Gasteiger partial charge >= 0.3 is 0 Å². The Hall–Kier alpha value is -1.20. The van der Waals surface area contributed by atoms with Crippen molar-refractivity contribution in [1.82, 2.24) is 10.0 Å². The fourth-order valence-electron chi connectivity index (χ4n) is 1.69. The monoisotopic (exact) mass is 310 g/mol. The van der Waals surface area contributed by atoms with Gasteiger partial charge in [-0.1, -0.05) is 43.7 Å². The van der Waals surface area contributed by atoms with E-state index in [1.807, 2.05) is 51.1 Å². The van der Waals surface area contributed by atoms with Gasteiger partial charge in [-0.05, 0) is 32.8 Å². The Morgan fingerprint density at radius 2 is 1.86 bits per heavy atom. The number of hydrogen-bond donors (Lipinski definition) is 2. The summed E-state index contributed by atoms with van der Waals surface area (Å²) in [6, 6.07) is 8.81. The van der Waals surface area contributed by atoms with Crippen LogP contribution in [0.4, 0.5) is 0 Å². The topological polar surface area (TPSA) is 58.2 Å². The summed E-state index contributed by atoms with van der Waals surface area (Å²) in [7, 11) is -1.31. The average Bonchev–Trinajstić information content (AvgIpc) is 2.44. The quantitative estimate of drug-likeness (QED) is 0.761. The predicted octanol–water partition coefficient (Wildman–Crippen LogP) is 2.70. The molecular formula is C16H26N2O2S. The molecule has 1 aromatic carbocycles. The molecule has 2 N–H and O–H groups in total. The molecular weight excluding hydrogens is 284 g/mol. The summed E-state index contributed by atoms with van der Waals surface area (Å²) in [6.07, 6.45) is 1.97. The van der Waals surface area contributed by atoms with Crippen molar-refractivity contribution in [2.45, 2.75) is 51.3 Å². The first-order valence-electron chi connectivity index (χ1n) is 7.37. The molecule has 0 heterocycles. The van der Waals surface area contributed by atoms with Crippen LogP contribution in [0.5, 0.6) is 0 Å². The molecule has 0 spiro atoms. The lowest BCUT2D eigenvalue weighted by atomic mass is 10.1. The molecule has 0 bridgehead atoms. The van der Waals surface area contributed by atoms with Crippen LogP contribution < -0.4 is 10.0 Å². The van der Waals surface area contributed by atoms with Crippen LogP contribution >= 0.6 is 0 Å². The largest absolute Gasteiger partial charge is 0.354 e. The third kappa shape index (κ3) is 5.98. The molecule has 0 radical (unpaired) electrons. The lowest BCUT2D eigenvalue weighted by Crippen LogP contribution is -2.43. The lowest BCUT2D eigenvalue weighted by Gasteiger charge is -2.24. The molecule has 0 saturated carbocycles. The zero-order valence-electron chi connectivity index (χ0n) is 13.3. The number of carbonyl (C=O) groups is 1. The van der Waals surface area contributed by atoms with Crippen molar-refractivity contribution in [2.24, 2.45) is 0 Å². The van der Waals surface area contributed by atoms with Crippen molar-refractivity contribution >= 4 is 16.9 Å². The molecule has 2 atom stereocenters. The van der Waals surface area contributed by atoms with Gasteiger partial charge in [0.1, 0.15) is 6.04 Å². The maximum atomic E-state index is 12.4. The van der Waals surface area contributed by atoms with Crippen LogP contribution in [0.1, 0.15) is 52.1 Å². The summed E-state index contributed by atoms with van der Waals surface area (Å²) in [5.41, 5.74) is 0.823. The van der Waals surface area contributed by atoms with E-state index >= 15 is 0 Å². The van der Waals surface area contributed by atoms with Gasteiger partial charge in [-0.2, -0.15) is 0 Å². The van der Waals surface area contributed by atoms with Crippen LogP contribution in [0.25, 0.3) is 0 Å². The van der Waals surface area contributed by atoms with Gasteiger partial charge in [-0.3, -0.25) is 4.79 Å². The maximum Gasteiger partial charge on any atom is 0.242 e. The van der Waals surface area contributed by atoms with E-state index in [9.17, 15) is 9.00 Å². The molecule has 4 nitrogen and oxygen atoms in total. The van der Waals surface area contributed by atoms with E-state index in [-0.39, 0.29) is 5.91 Å². The zero-order chi connectivity index (χ0) is 15.9. The van der Waals surface area contributed by atoms with Crippen molar-refractivity contribution in [2.75, 3.05) is 6.54 Å². The minimum absolute atomic E-state index is 0.132. The summed E-state index contributed by atoms with van der Waals surface area (Å²) in [6.45, 7) is 8.36. The molecule has 118 valence electrons. The van der Waals surface area contributed by atoms with E-state index < -0.39 is 21.8 Å². The van der Waals surface area contributed by atoms with Crippen LogP contribution in [-0.2, 0) is 15.8 Å². The second-order valence-corrected chi connectivity index (χ2v) is 7.99. The van der Waals surface area contributed by atoms with E-state index in [0.29, 0.717) is 6.54 Å². The molecule has 1 aromatic rings. The van der Waals surface area contributed by atoms with Gasteiger partial charge in [0, 0.05) is 6.54 Å². The van der Waals surface area contributed by atoms with Crippen molar-refractivity contribution in [1.29, 1.82) is 0 Å². The van der Waals surface area contributed by atoms with Gasteiger partial charge in [0.15, 0.2) is 0 Å². The smallest absolute Gasteiger partial charge is 0.242 e. The molecule has 0 aliphatic heterocycles. The molecule has 0 aliphatic carbocycles. The first kappa shape index (κ1) is 17.9. The number of unbranched alkanes of at least 4 members (excludes halogenated alkanes) is 1. The van der Waals surface area contributed by atoms with Crippen molar-refractivity contribution in [3.8, 4) is 0 Å². The Balaban J connectivity index is 2.85. The molecule has 1 rings (SSSR count). The molecule has 1 amide bonds. The number of carbonyl (C=O) groups excluding carboxylic acids is 1. The number of nitrogens with one attached hydrogen (secondary N) is 2. The second-order valence-electron chi connectivity index (χ2n) is 5.99. The molecule has 21 heavy (non-hydrogen) atoms. The molecule has 0 saturated heterocycles. The average molecular weight is 310 g/mol. The summed E-state index contributed by atoms with van der Waals surface area (Å²) in [5, 5.41) is 2.90. The highest BCUT2D eigenvalue weighted by atomic mass is 32.2. The summed E-state index contributed by atoms with van der Waals surface area (Å²) in [4.78, 5) is 12.4. The van der Waals surface area contributed by atoms with Crippen LogP contribution in [0.15, 0.2) is 30.3 Å². The summed E-state index contributed by atoms with van der Waals surface area (Å²) < 4.78 is 14.8. The number of hydrogen-bond acceptors (Lipinski definition) is 2. The van der Waals surface area contributed by atoms with Crippen LogP contribution in [0.3, 0.4) is 0 Å². The van der Waals surface area contributed by atoms with Crippen molar-refractivity contribution in [3.63, 3.8) is 0 Å². The van der Waals surface area contributed by atoms with Crippen LogP contribution in [-0.4, -0.2) is 21.4 Å². The third-order valence-electron chi connectivity index (χ3n) is 3.01. The summed E-state index contributed by atoms with van der Waals surface area (Å²) >= 11 is 0. The molecule has 1 unspecified atom stereocenters. The number of rotatable bonds is 7. The highest BCUT2D eigenvalue weighted by Gasteiger charge is 2.27. The van der Waals surface area contributed by atoms with Crippen LogP contribution in [0.2, 0.25) is 0 Å². The molecule has 0 fully saturated rings. The first-order valence-corrected chi connectivity index (χ1v) is 8.52. The fraction of sp³-hybridized carbons (Fsp3) is 0.562. The van der Waals surface area contributed by atoms with Gasteiger partial charge in [-0.15, -0.1) is 0 Å². The molecule has 5 heteroatoms. The highest BCUT2D eigenvalue weighted by Crippen LogP contribution is 2.17. The van der Waals surface area contributed by atoms with Crippen molar-refractivity contribution in [3.05, 3.63) is 35.9 Å². The SMILES string of the molecule is CCCCNC(=O)[C@@H](NS(=O)C(C)(C)C)c1ccccc1. The normalized spacial score (nSPS) is 14.5. The second kappa shape index (κ2) is 8.29. The minimum Gasteiger partial charge on any atom is -0.354 e. The molecule has 0 aromatic heterocycles. The predicted molar refractivity (Wildman–Crippen MR) is 88.1 cm³/mol. The standard InChI is InChI=1S/C16H26N2O2S/c1-5-6-12-17-15(19)14(13-10-8-7-9-11-13)18-21(20)16(2,3)4/h7-11,14,18H,5-6,12H2,1-4H3,(H,17,19)/t14-,21?/m0/s1. The minimum atomic E-state index is -1.31.